The minimum absolute atomic E-state index is 0.415. The number of nitrogens with one attached hydrogen (secondary N) is 2. The average molecular weight is 459 g/mol. The van der Waals surface area contributed by atoms with Gasteiger partial charge in [0.1, 0.15) is 5.75 Å². The lowest BCUT2D eigenvalue weighted by Crippen LogP contribution is -2.32. The summed E-state index contributed by atoms with van der Waals surface area (Å²) in [5.41, 5.74) is 6.12. The zero-order valence-corrected chi connectivity index (χ0v) is 18.6. The quantitative estimate of drug-likeness (QED) is 0.335. The number of halogens is 2. The van der Waals surface area contributed by atoms with Crippen molar-refractivity contribution in [1.82, 2.24) is 9.99 Å². The van der Waals surface area contributed by atoms with E-state index in [1.807, 2.05) is 36.6 Å². The van der Waals surface area contributed by atoms with Crippen LogP contribution in [0.3, 0.4) is 0 Å². The van der Waals surface area contributed by atoms with E-state index in [2.05, 4.69) is 15.8 Å². The lowest BCUT2D eigenvalue weighted by molar-refractivity contribution is -0.136. The summed E-state index contributed by atoms with van der Waals surface area (Å²) in [5, 5.41) is 7.31. The molecule has 1 heterocycles. The summed E-state index contributed by atoms with van der Waals surface area (Å²) in [5.74, 6) is -1.15. The molecule has 0 aliphatic heterocycles. The van der Waals surface area contributed by atoms with Crippen molar-refractivity contribution >= 4 is 46.9 Å². The molecule has 9 heteroatoms. The number of carbonyl (C=O) groups is 2. The molecule has 2 aromatic carbocycles. The van der Waals surface area contributed by atoms with Gasteiger partial charge in [-0.05, 0) is 56.3 Å². The van der Waals surface area contributed by atoms with Crippen LogP contribution in [0.25, 0.3) is 5.69 Å². The zero-order chi connectivity index (χ0) is 22.5. The number of hydrogen-bond acceptors (Lipinski definition) is 4. The van der Waals surface area contributed by atoms with Crippen LogP contribution >= 0.6 is 23.2 Å². The molecule has 0 radical (unpaired) electrons. The largest absolute Gasteiger partial charge is 0.495 e. The van der Waals surface area contributed by atoms with Crippen molar-refractivity contribution in [3.63, 3.8) is 0 Å². The first-order valence-corrected chi connectivity index (χ1v) is 9.98. The molecule has 2 N–H and O–H groups in total. The van der Waals surface area contributed by atoms with Crippen molar-refractivity contribution in [3.05, 3.63) is 75.5 Å². The summed E-state index contributed by atoms with van der Waals surface area (Å²) in [4.78, 5) is 24.0. The molecule has 0 aliphatic carbocycles. The topological polar surface area (TPSA) is 84.7 Å². The third-order valence-corrected chi connectivity index (χ3v) is 5.05. The van der Waals surface area contributed by atoms with Crippen LogP contribution in [0.15, 0.2) is 53.6 Å². The molecule has 0 saturated heterocycles. The van der Waals surface area contributed by atoms with E-state index >= 15 is 0 Å². The molecule has 3 rings (SSSR count). The number of anilines is 1. The first-order valence-electron chi connectivity index (χ1n) is 9.23. The van der Waals surface area contributed by atoms with Crippen LogP contribution in [0.4, 0.5) is 5.69 Å². The highest BCUT2D eigenvalue weighted by molar-refractivity contribution is 6.39. The molecule has 0 spiro atoms. The van der Waals surface area contributed by atoms with Crippen molar-refractivity contribution in [2.45, 2.75) is 13.8 Å². The fraction of sp³-hybridized carbons (Fsp3) is 0.136. The first-order chi connectivity index (χ1) is 14.8. The molecule has 160 valence electrons. The summed E-state index contributed by atoms with van der Waals surface area (Å²) in [6.45, 7) is 3.86. The van der Waals surface area contributed by atoms with E-state index in [0.29, 0.717) is 21.5 Å². The Kier molecular flexibility index (Phi) is 6.99. The van der Waals surface area contributed by atoms with Crippen molar-refractivity contribution in [3.8, 4) is 11.4 Å². The minimum atomic E-state index is -0.896. The first kappa shape index (κ1) is 22.4. The molecule has 2 amide bonds. The van der Waals surface area contributed by atoms with E-state index in [4.69, 9.17) is 27.9 Å². The van der Waals surface area contributed by atoms with Crippen LogP contribution in [0.5, 0.6) is 5.75 Å². The normalized spacial score (nSPS) is 10.9. The highest BCUT2D eigenvalue weighted by Gasteiger charge is 2.14. The molecule has 0 fully saturated rings. The van der Waals surface area contributed by atoms with E-state index in [9.17, 15) is 9.59 Å². The second-order valence-corrected chi connectivity index (χ2v) is 7.49. The Balaban J connectivity index is 1.70. The fourth-order valence-electron chi connectivity index (χ4n) is 3.08. The van der Waals surface area contributed by atoms with E-state index in [1.165, 1.54) is 12.3 Å². The number of nitrogens with zero attached hydrogens (tertiary/aromatic N) is 2. The molecular formula is C22H20Cl2N4O3. The minimum Gasteiger partial charge on any atom is -0.495 e. The van der Waals surface area contributed by atoms with E-state index in [0.717, 1.165) is 22.6 Å². The van der Waals surface area contributed by atoms with Gasteiger partial charge >= 0.3 is 11.8 Å². The molecule has 0 unspecified atom stereocenters. The van der Waals surface area contributed by atoms with Gasteiger partial charge in [-0.3, -0.25) is 9.59 Å². The number of carbonyl (C=O) groups excluding carboxylic acids is 2. The smallest absolute Gasteiger partial charge is 0.329 e. The van der Waals surface area contributed by atoms with Gasteiger partial charge in [-0.15, -0.1) is 0 Å². The number of benzene rings is 2. The van der Waals surface area contributed by atoms with Crippen LogP contribution in [-0.2, 0) is 9.59 Å². The van der Waals surface area contributed by atoms with Gasteiger partial charge in [-0.2, -0.15) is 5.10 Å². The second-order valence-electron chi connectivity index (χ2n) is 6.64. The summed E-state index contributed by atoms with van der Waals surface area (Å²) in [7, 11) is 1.56. The van der Waals surface area contributed by atoms with Gasteiger partial charge < -0.3 is 14.6 Å². The number of amides is 2. The lowest BCUT2D eigenvalue weighted by atomic mass is 10.2. The predicted molar refractivity (Wildman–Crippen MR) is 123 cm³/mol. The monoisotopic (exact) mass is 458 g/mol. The summed E-state index contributed by atoms with van der Waals surface area (Å²) in [6, 6.07) is 13.9. The number of aryl methyl sites for hydroxylation is 1. The van der Waals surface area contributed by atoms with Gasteiger partial charge in [0.15, 0.2) is 0 Å². The Bertz CT molecular complexity index is 1170. The fourth-order valence-corrected chi connectivity index (χ4v) is 3.52. The SMILES string of the molecule is COc1ccc(-n2c(C)cc(/C=N\NC(=O)C(=O)Nc3cccc(Cl)c3)c2C)cc1Cl. The Morgan fingerprint density at radius 3 is 2.52 bits per heavy atom. The van der Waals surface area contributed by atoms with Gasteiger partial charge in [-0.1, -0.05) is 29.3 Å². The molecule has 3 aromatic rings. The van der Waals surface area contributed by atoms with Gasteiger partial charge in [0.2, 0.25) is 0 Å². The Morgan fingerprint density at radius 2 is 1.84 bits per heavy atom. The number of ether oxygens (including phenoxy) is 1. The highest BCUT2D eigenvalue weighted by Crippen LogP contribution is 2.29. The van der Waals surface area contributed by atoms with Gasteiger partial charge in [0, 0.05) is 33.3 Å². The van der Waals surface area contributed by atoms with Crippen molar-refractivity contribution in [2.75, 3.05) is 12.4 Å². The van der Waals surface area contributed by atoms with Crippen molar-refractivity contribution in [1.29, 1.82) is 0 Å². The molecule has 1 aromatic heterocycles. The third-order valence-electron chi connectivity index (χ3n) is 4.52. The maximum Gasteiger partial charge on any atom is 0.329 e. The maximum absolute atomic E-state index is 12.0. The van der Waals surface area contributed by atoms with E-state index < -0.39 is 11.8 Å². The zero-order valence-electron chi connectivity index (χ0n) is 17.1. The lowest BCUT2D eigenvalue weighted by Gasteiger charge is -2.11. The van der Waals surface area contributed by atoms with E-state index in [1.54, 1.807) is 31.4 Å². The number of hydrogen-bond donors (Lipinski definition) is 2. The highest BCUT2D eigenvalue weighted by atomic mass is 35.5. The standard InChI is InChI=1S/C22H20Cl2N4O3/c1-13-9-15(14(2)28(13)18-7-8-20(31-3)19(24)11-18)12-25-27-22(30)21(29)26-17-6-4-5-16(23)10-17/h4-12H,1-3H3,(H,26,29)(H,27,30)/b25-12-. The Labute approximate surface area is 189 Å². The van der Waals surface area contributed by atoms with Gasteiger partial charge in [-0.25, -0.2) is 5.43 Å². The van der Waals surface area contributed by atoms with Crippen molar-refractivity contribution < 1.29 is 14.3 Å². The molecule has 7 nitrogen and oxygen atoms in total. The number of hydrazone groups is 1. The van der Waals surface area contributed by atoms with Crippen LogP contribution in [0.2, 0.25) is 10.0 Å². The van der Waals surface area contributed by atoms with Gasteiger partial charge in [0.05, 0.1) is 18.3 Å². The summed E-state index contributed by atoms with van der Waals surface area (Å²) >= 11 is 12.1. The molecule has 0 saturated carbocycles. The molecular weight excluding hydrogens is 439 g/mol. The Hall–Kier alpha value is -3.29. The van der Waals surface area contributed by atoms with Crippen LogP contribution in [0, 0.1) is 13.8 Å². The van der Waals surface area contributed by atoms with Crippen molar-refractivity contribution in [2.24, 2.45) is 5.10 Å². The molecule has 0 atom stereocenters. The molecule has 0 aliphatic rings. The molecule has 0 bridgehead atoms. The maximum atomic E-state index is 12.0. The van der Waals surface area contributed by atoms with Crippen LogP contribution in [0.1, 0.15) is 17.0 Å². The number of rotatable bonds is 5. The third kappa shape index (κ3) is 5.25. The summed E-state index contributed by atoms with van der Waals surface area (Å²) < 4.78 is 7.20. The predicted octanol–water partition coefficient (Wildman–Crippen LogP) is 4.50. The van der Waals surface area contributed by atoms with E-state index in [-0.39, 0.29) is 0 Å². The average Bonchev–Trinajstić information content (AvgIpc) is 3.01. The number of aromatic nitrogens is 1. The second kappa shape index (κ2) is 9.68. The van der Waals surface area contributed by atoms with Crippen LogP contribution in [-0.4, -0.2) is 29.7 Å². The van der Waals surface area contributed by atoms with Gasteiger partial charge in [0.25, 0.3) is 0 Å². The Morgan fingerprint density at radius 1 is 1.06 bits per heavy atom. The van der Waals surface area contributed by atoms with Crippen LogP contribution < -0.4 is 15.5 Å². The number of methoxy groups -OCH3 is 1. The molecule has 31 heavy (non-hydrogen) atoms. The summed E-state index contributed by atoms with van der Waals surface area (Å²) in [6.07, 6.45) is 1.48.